The number of halogens is 1. The van der Waals surface area contributed by atoms with E-state index in [0.717, 1.165) is 11.4 Å². The van der Waals surface area contributed by atoms with Crippen LogP contribution in [0.15, 0.2) is 41.5 Å². The molecule has 0 amide bonds. The maximum Gasteiger partial charge on any atom is 0.191 e. The largest absolute Gasteiger partial charge is 0.507 e. The topological polar surface area (TPSA) is 65.9 Å². The molecular weight excluding hydrogens is 341 g/mol. The lowest BCUT2D eigenvalue weighted by Crippen LogP contribution is -2.25. The van der Waals surface area contributed by atoms with Gasteiger partial charge in [-0.2, -0.15) is 5.10 Å². The first-order valence-electron chi connectivity index (χ1n) is 7.79. The Morgan fingerprint density at radius 3 is 2.68 bits per heavy atom. The monoisotopic (exact) mass is 359 g/mol. The Balaban J connectivity index is 1.73. The van der Waals surface area contributed by atoms with Gasteiger partial charge in [-0.15, -0.1) is 0 Å². The number of thiocarbonyl (C=S) groups is 1. The minimum Gasteiger partial charge on any atom is -0.507 e. The Bertz CT molecular complexity index is 837. The molecule has 1 aliphatic carbocycles. The van der Waals surface area contributed by atoms with Crippen molar-refractivity contribution in [1.82, 2.24) is 5.43 Å². The molecule has 5 nitrogen and oxygen atoms in total. The molecule has 0 bridgehead atoms. The second kappa shape index (κ2) is 7.06. The number of anilines is 1. The lowest BCUT2D eigenvalue weighted by molar-refractivity contribution is 0.415. The molecule has 0 saturated heterocycles. The van der Waals surface area contributed by atoms with E-state index in [1.54, 1.807) is 7.11 Å². The molecule has 3 N–H and O–H groups in total. The second-order valence-electron chi connectivity index (χ2n) is 5.81. The van der Waals surface area contributed by atoms with Gasteiger partial charge >= 0.3 is 0 Å². The molecule has 1 aliphatic rings. The zero-order chi connectivity index (χ0) is 18.0. The molecule has 25 heavy (non-hydrogen) atoms. The summed E-state index contributed by atoms with van der Waals surface area (Å²) in [7, 11) is 1.60. The molecule has 2 aromatic rings. The first-order valence-corrected chi connectivity index (χ1v) is 8.19. The minimum absolute atomic E-state index is 0.0235. The highest BCUT2D eigenvalue weighted by Crippen LogP contribution is 2.39. The normalized spacial score (nSPS) is 17.2. The number of methoxy groups -OCH3 is 1. The van der Waals surface area contributed by atoms with Crippen molar-refractivity contribution >= 4 is 28.7 Å². The third-order valence-electron chi connectivity index (χ3n) is 4.09. The smallest absolute Gasteiger partial charge is 0.191 e. The SMILES string of the molecule is COc1ccc(NC(=S)N/N=C2\C[C@@H](C)c3c(F)ccc(O)c32)cc1. The first kappa shape index (κ1) is 17.2. The predicted octanol–water partition coefficient (Wildman–Crippen LogP) is 3.74. The lowest BCUT2D eigenvalue weighted by Gasteiger charge is -2.09. The van der Waals surface area contributed by atoms with Crippen molar-refractivity contribution in [2.45, 2.75) is 19.3 Å². The summed E-state index contributed by atoms with van der Waals surface area (Å²) < 4.78 is 19.1. The van der Waals surface area contributed by atoms with Crippen LogP contribution in [0.5, 0.6) is 11.5 Å². The molecule has 1 atom stereocenters. The summed E-state index contributed by atoms with van der Waals surface area (Å²) in [6, 6.07) is 9.90. The van der Waals surface area contributed by atoms with Crippen LogP contribution in [0.25, 0.3) is 0 Å². The van der Waals surface area contributed by atoms with Crippen LogP contribution in [0.4, 0.5) is 10.1 Å². The van der Waals surface area contributed by atoms with E-state index in [9.17, 15) is 9.50 Å². The summed E-state index contributed by atoms with van der Waals surface area (Å²) >= 11 is 5.22. The Hall–Kier alpha value is -2.67. The molecule has 0 unspecified atom stereocenters. The van der Waals surface area contributed by atoms with E-state index in [1.807, 2.05) is 31.2 Å². The average Bonchev–Trinajstić information content (AvgIpc) is 2.95. The molecule has 7 heteroatoms. The lowest BCUT2D eigenvalue weighted by atomic mass is 10.0. The number of aromatic hydroxyl groups is 1. The van der Waals surface area contributed by atoms with Crippen molar-refractivity contribution in [3.63, 3.8) is 0 Å². The van der Waals surface area contributed by atoms with Gasteiger partial charge in [0.2, 0.25) is 0 Å². The Kier molecular flexibility index (Phi) is 4.85. The zero-order valence-electron chi connectivity index (χ0n) is 13.8. The van der Waals surface area contributed by atoms with Gasteiger partial charge in [-0.25, -0.2) is 4.39 Å². The van der Waals surface area contributed by atoms with Crippen molar-refractivity contribution in [1.29, 1.82) is 0 Å². The molecule has 0 aliphatic heterocycles. The fraction of sp³-hybridized carbons (Fsp3) is 0.222. The molecule has 2 aromatic carbocycles. The average molecular weight is 359 g/mol. The third kappa shape index (κ3) is 3.56. The van der Waals surface area contributed by atoms with Gasteiger partial charge in [0, 0.05) is 16.8 Å². The van der Waals surface area contributed by atoms with Gasteiger partial charge in [0.1, 0.15) is 17.3 Å². The fourth-order valence-corrected chi connectivity index (χ4v) is 3.08. The summed E-state index contributed by atoms with van der Waals surface area (Å²) in [6.07, 6.45) is 0.530. The van der Waals surface area contributed by atoms with Crippen LogP contribution in [0.1, 0.15) is 30.4 Å². The number of nitrogens with one attached hydrogen (secondary N) is 2. The van der Waals surface area contributed by atoms with E-state index in [2.05, 4.69) is 15.8 Å². The van der Waals surface area contributed by atoms with Crippen molar-refractivity contribution in [2.24, 2.45) is 5.10 Å². The number of fused-ring (bicyclic) bond motifs is 1. The van der Waals surface area contributed by atoms with Crippen LogP contribution in [0, 0.1) is 5.82 Å². The maximum atomic E-state index is 14.0. The summed E-state index contributed by atoms with van der Waals surface area (Å²) in [4.78, 5) is 0. The van der Waals surface area contributed by atoms with E-state index < -0.39 is 0 Å². The number of ether oxygens (including phenoxy) is 1. The number of phenolic OH excluding ortho intramolecular Hbond substituents is 1. The molecule has 0 heterocycles. The molecule has 0 fully saturated rings. The standard InChI is InChI=1S/C18H18FN3O2S/c1-10-9-14(17-15(23)8-7-13(19)16(10)17)21-22-18(25)20-11-3-5-12(24-2)6-4-11/h3-8,10,23H,9H2,1-2H3,(H2,20,22,25)/b21-14+/t10-/m1/s1. The van der Waals surface area contributed by atoms with Gasteiger partial charge in [-0.3, -0.25) is 5.43 Å². The van der Waals surface area contributed by atoms with Crippen LogP contribution >= 0.6 is 12.2 Å². The highest BCUT2D eigenvalue weighted by molar-refractivity contribution is 7.80. The van der Waals surface area contributed by atoms with E-state index in [1.165, 1.54) is 12.1 Å². The van der Waals surface area contributed by atoms with Gasteiger partial charge in [-0.05, 0) is 61.0 Å². The minimum atomic E-state index is -0.329. The Morgan fingerprint density at radius 2 is 2.00 bits per heavy atom. The van der Waals surface area contributed by atoms with Gasteiger partial charge in [0.25, 0.3) is 0 Å². The number of benzene rings is 2. The molecule has 130 valence electrons. The fourth-order valence-electron chi connectivity index (χ4n) is 2.92. The number of hydrogen-bond acceptors (Lipinski definition) is 4. The van der Waals surface area contributed by atoms with Gasteiger partial charge in [0.15, 0.2) is 5.11 Å². The maximum absolute atomic E-state index is 14.0. The zero-order valence-corrected chi connectivity index (χ0v) is 14.7. The van der Waals surface area contributed by atoms with E-state index in [0.29, 0.717) is 28.4 Å². The van der Waals surface area contributed by atoms with Crippen molar-refractivity contribution in [3.05, 3.63) is 53.3 Å². The van der Waals surface area contributed by atoms with Gasteiger partial charge in [-0.1, -0.05) is 6.92 Å². The van der Waals surface area contributed by atoms with Crippen LogP contribution in [-0.4, -0.2) is 23.0 Å². The van der Waals surface area contributed by atoms with E-state index >= 15 is 0 Å². The van der Waals surface area contributed by atoms with Gasteiger partial charge in [0.05, 0.1) is 12.8 Å². The van der Waals surface area contributed by atoms with E-state index in [4.69, 9.17) is 17.0 Å². The number of rotatable bonds is 3. The van der Waals surface area contributed by atoms with Gasteiger partial charge < -0.3 is 15.2 Å². The summed E-state index contributed by atoms with van der Waals surface area (Å²) in [5.41, 5.74) is 5.07. The highest BCUT2D eigenvalue weighted by atomic mass is 32.1. The molecule has 0 spiro atoms. The Labute approximate surface area is 150 Å². The van der Waals surface area contributed by atoms with Crippen LogP contribution in [0.3, 0.4) is 0 Å². The number of hydrazone groups is 1. The number of phenols is 1. The molecule has 0 radical (unpaired) electrons. The predicted molar refractivity (Wildman–Crippen MR) is 100.0 cm³/mol. The van der Waals surface area contributed by atoms with Crippen molar-refractivity contribution < 1.29 is 14.2 Å². The molecular formula is C18H18FN3O2S. The van der Waals surface area contributed by atoms with Crippen molar-refractivity contribution in [3.8, 4) is 11.5 Å². The summed E-state index contributed by atoms with van der Waals surface area (Å²) in [5, 5.41) is 17.6. The quantitative estimate of drug-likeness (QED) is 0.576. The third-order valence-corrected chi connectivity index (χ3v) is 4.28. The van der Waals surface area contributed by atoms with E-state index in [-0.39, 0.29) is 17.5 Å². The second-order valence-corrected chi connectivity index (χ2v) is 6.22. The molecule has 3 rings (SSSR count). The molecule has 0 saturated carbocycles. The van der Waals surface area contributed by atoms with Crippen LogP contribution in [0.2, 0.25) is 0 Å². The van der Waals surface area contributed by atoms with Crippen LogP contribution < -0.4 is 15.5 Å². The Morgan fingerprint density at radius 1 is 1.28 bits per heavy atom. The van der Waals surface area contributed by atoms with Crippen molar-refractivity contribution in [2.75, 3.05) is 12.4 Å². The molecule has 0 aromatic heterocycles. The highest BCUT2D eigenvalue weighted by Gasteiger charge is 2.30. The van der Waals surface area contributed by atoms with Crippen LogP contribution in [-0.2, 0) is 0 Å². The first-order chi connectivity index (χ1) is 12.0. The number of nitrogens with zero attached hydrogens (tertiary/aromatic N) is 1. The summed E-state index contributed by atoms with van der Waals surface area (Å²) in [5.74, 6) is 0.393. The summed E-state index contributed by atoms with van der Waals surface area (Å²) in [6.45, 7) is 1.90. The number of hydrogen-bond donors (Lipinski definition) is 3.